The average Bonchev–Trinajstić information content (AvgIpc) is 2.36. The van der Waals surface area contributed by atoms with Crippen LogP contribution in [-0.2, 0) is 0 Å². The Balaban J connectivity index is 1.97. The van der Waals surface area contributed by atoms with Gasteiger partial charge in [-0.15, -0.1) is 0 Å². The van der Waals surface area contributed by atoms with Crippen LogP contribution in [0.1, 0.15) is 41.9 Å². The number of rotatable bonds is 3. The molecular weight excluding hydrogens is 232 g/mol. The second-order valence-corrected chi connectivity index (χ2v) is 5.67. The Morgan fingerprint density at radius 1 is 0.895 bits per heavy atom. The predicted octanol–water partition coefficient (Wildman–Crippen LogP) is 4.63. The second-order valence-electron chi connectivity index (χ2n) is 5.67. The Morgan fingerprint density at radius 2 is 1.42 bits per heavy atom. The molecule has 0 aliphatic heterocycles. The molecular formula is C18H20O. The first kappa shape index (κ1) is 12.3. The molecule has 1 heteroatoms. The van der Waals surface area contributed by atoms with Crippen molar-refractivity contribution in [1.82, 2.24) is 0 Å². The molecule has 2 aromatic rings. The molecule has 0 saturated heterocycles. The Bertz CT molecular complexity index is 489. The van der Waals surface area contributed by atoms with Crippen molar-refractivity contribution in [2.24, 2.45) is 5.92 Å². The Kier molecular flexibility index (Phi) is 3.29. The second kappa shape index (κ2) is 5.08. The maximum atomic E-state index is 9.46. The Labute approximate surface area is 114 Å². The van der Waals surface area contributed by atoms with Gasteiger partial charge < -0.3 is 5.11 Å². The number of phenolic OH excluding ortho intramolecular Hbond substituents is 1. The Hall–Kier alpha value is -1.76. The molecule has 98 valence electrons. The van der Waals surface area contributed by atoms with Crippen LogP contribution in [0.4, 0.5) is 0 Å². The van der Waals surface area contributed by atoms with Crippen LogP contribution in [0, 0.1) is 12.8 Å². The van der Waals surface area contributed by atoms with Crippen molar-refractivity contribution < 1.29 is 5.11 Å². The first-order valence-electron chi connectivity index (χ1n) is 7.09. The molecule has 1 nitrogen and oxygen atoms in total. The van der Waals surface area contributed by atoms with Crippen LogP contribution in [0.3, 0.4) is 0 Å². The maximum absolute atomic E-state index is 9.46. The minimum Gasteiger partial charge on any atom is -0.508 e. The van der Waals surface area contributed by atoms with Gasteiger partial charge in [0.05, 0.1) is 0 Å². The summed E-state index contributed by atoms with van der Waals surface area (Å²) in [6, 6.07) is 16.6. The highest BCUT2D eigenvalue weighted by atomic mass is 16.3. The van der Waals surface area contributed by atoms with E-state index in [2.05, 4.69) is 43.3 Å². The summed E-state index contributed by atoms with van der Waals surface area (Å²) in [4.78, 5) is 0. The maximum Gasteiger partial charge on any atom is 0.115 e. The largest absolute Gasteiger partial charge is 0.508 e. The van der Waals surface area contributed by atoms with Crippen molar-refractivity contribution >= 4 is 0 Å². The van der Waals surface area contributed by atoms with Crippen molar-refractivity contribution in [3.05, 3.63) is 65.2 Å². The van der Waals surface area contributed by atoms with Crippen LogP contribution in [0.5, 0.6) is 5.75 Å². The van der Waals surface area contributed by atoms with Gasteiger partial charge in [-0.1, -0.05) is 48.4 Å². The average molecular weight is 252 g/mol. The van der Waals surface area contributed by atoms with E-state index in [1.54, 1.807) is 12.1 Å². The van der Waals surface area contributed by atoms with Gasteiger partial charge in [-0.3, -0.25) is 0 Å². The third kappa shape index (κ3) is 2.51. The quantitative estimate of drug-likeness (QED) is 0.844. The monoisotopic (exact) mass is 252 g/mol. The van der Waals surface area contributed by atoms with Crippen LogP contribution < -0.4 is 0 Å². The Morgan fingerprint density at radius 3 is 1.89 bits per heavy atom. The summed E-state index contributed by atoms with van der Waals surface area (Å²) in [5.74, 6) is 1.59. The molecule has 0 radical (unpaired) electrons. The molecule has 1 unspecified atom stereocenters. The van der Waals surface area contributed by atoms with Crippen LogP contribution in [0.25, 0.3) is 0 Å². The smallest absolute Gasteiger partial charge is 0.115 e. The van der Waals surface area contributed by atoms with Crippen LogP contribution in [0.15, 0.2) is 48.5 Å². The van der Waals surface area contributed by atoms with E-state index in [0.717, 1.165) is 5.92 Å². The lowest BCUT2D eigenvalue weighted by Gasteiger charge is -2.34. The van der Waals surface area contributed by atoms with Crippen molar-refractivity contribution in [2.45, 2.75) is 32.1 Å². The van der Waals surface area contributed by atoms with Gasteiger partial charge in [0.2, 0.25) is 0 Å². The predicted molar refractivity (Wildman–Crippen MR) is 78.5 cm³/mol. The van der Waals surface area contributed by atoms with Crippen molar-refractivity contribution in [1.29, 1.82) is 0 Å². The summed E-state index contributed by atoms with van der Waals surface area (Å²) in [6.45, 7) is 2.13. The van der Waals surface area contributed by atoms with Gasteiger partial charge in [0, 0.05) is 5.92 Å². The fraction of sp³-hybridized carbons (Fsp3) is 0.333. The lowest BCUT2D eigenvalue weighted by atomic mass is 9.70. The third-order valence-electron chi connectivity index (χ3n) is 4.31. The third-order valence-corrected chi connectivity index (χ3v) is 4.31. The normalized spacial score (nSPS) is 16.9. The lowest BCUT2D eigenvalue weighted by molar-refractivity contribution is 0.283. The first-order valence-corrected chi connectivity index (χ1v) is 7.09. The molecule has 1 aliphatic rings. The van der Waals surface area contributed by atoms with Crippen molar-refractivity contribution in [3.63, 3.8) is 0 Å². The highest BCUT2D eigenvalue weighted by Crippen LogP contribution is 2.43. The van der Waals surface area contributed by atoms with Crippen LogP contribution in [0.2, 0.25) is 0 Å². The zero-order valence-corrected chi connectivity index (χ0v) is 11.3. The zero-order valence-electron chi connectivity index (χ0n) is 11.3. The van der Waals surface area contributed by atoms with E-state index in [0.29, 0.717) is 11.7 Å². The number of hydrogen-bond donors (Lipinski definition) is 1. The summed E-state index contributed by atoms with van der Waals surface area (Å²) in [7, 11) is 0. The fourth-order valence-corrected chi connectivity index (χ4v) is 2.97. The minimum atomic E-state index is 0.347. The number of aromatic hydroxyl groups is 1. The molecule has 1 fully saturated rings. The molecule has 2 aromatic carbocycles. The van der Waals surface area contributed by atoms with Crippen LogP contribution in [-0.4, -0.2) is 5.11 Å². The van der Waals surface area contributed by atoms with Crippen molar-refractivity contribution in [2.75, 3.05) is 0 Å². The molecule has 19 heavy (non-hydrogen) atoms. The summed E-state index contributed by atoms with van der Waals surface area (Å²) in [6.07, 6.45) is 3.99. The minimum absolute atomic E-state index is 0.347. The van der Waals surface area contributed by atoms with E-state index in [-0.39, 0.29) is 0 Å². The molecule has 1 atom stereocenters. The van der Waals surface area contributed by atoms with Gasteiger partial charge in [-0.25, -0.2) is 0 Å². The number of phenols is 1. The molecule has 1 saturated carbocycles. The van der Waals surface area contributed by atoms with Gasteiger partial charge >= 0.3 is 0 Å². The topological polar surface area (TPSA) is 20.2 Å². The molecule has 1 N–H and O–H groups in total. The zero-order chi connectivity index (χ0) is 13.2. The van der Waals surface area contributed by atoms with Gasteiger partial charge in [0.25, 0.3) is 0 Å². The van der Waals surface area contributed by atoms with Gasteiger partial charge in [-0.05, 0) is 48.9 Å². The summed E-state index contributed by atoms with van der Waals surface area (Å²) < 4.78 is 0. The highest BCUT2D eigenvalue weighted by molar-refractivity contribution is 5.37. The summed E-state index contributed by atoms with van der Waals surface area (Å²) in [5, 5.41) is 9.46. The standard InChI is InChI=1S/C18H20O/c1-13-5-7-15(8-6-13)18(14-3-2-4-14)16-9-11-17(19)12-10-16/h5-12,14,18-19H,2-4H2,1H3. The lowest BCUT2D eigenvalue weighted by Crippen LogP contribution is -2.21. The summed E-state index contributed by atoms with van der Waals surface area (Å²) >= 11 is 0. The van der Waals surface area contributed by atoms with E-state index in [1.807, 2.05) is 0 Å². The van der Waals surface area contributed by atoms with E-state index >= 15 is 0 Å². The molecule has 3 rings (SSSR count). The van der Waals surface area contributed by atoms with Gasteiger partial charge in [0.1, 0.15) is 5.75 Å². The van der Waals surface area contributed by atoms with Gasteiger partial charge in [0.15, 0.2) is 0 Å². The van der Waals surface area contributed by atoms with Crippen LogP contribution >= 0.6 is 0 Å². The van der Waals surface area contributed by atoms with Gasteiger partial charge in [-0.2, -0.15) is 0 Å². The molecule has 0 amide bonds. The molecule has 0 heterocycles. The van der Waals surface area contributed by atoms with E-state index < -0.39 is 0 Å². The number of aryl methyl sites for hydroxylation is 1. The molecule has 0 spiro atoms. The number of benzene rings is 2. The highest BCUT2D eigenvalue weighted by Gasteiger charge is 2.29. The molecule has 0 bridgehead atoms. The SMILES string of the molecule is Cc1ccc(C(c2ccc(O)cc2)C2CCC2)cc1. The summed E-state index contributed by atoms with van der Waals surface area (Å²) in [5.41, 5.74) is 4.04. The molecule has 0 aromatic heterocycles. The van der Waals surface area contributed by atoms with Crippen molar-refractivity contribution in [3.8, 4) is 5.75 Å². The first-order chi connectivity index (χ1) is 9.24. The van der Waals surface area contributed by atoms with E-state index in [1.165, 1.54) is 36.0 Å². The van der Waals surface area contributed by atoms with E-state index in [4.69, 9.17) is 0 Å². The number of hydrogen-bond acceptors (Lipinski definition) is 1. The molecule has 1 aliphatic carbocycles. The fourth-order valence-electron chi connectivity index (χ4n) is 2.97. The van der Waals surface area contributed by atoms with E-state index in [9.17, 15) is 5.11 Å².